The first-order valence-corrected chi connectivity index (χ1v) is 12.5. The molecule has 2 bridgehead atoms. The zero-order valence-corrected chi connectivity index (χ0v) is 18.2. The number of pyridine rings is 1. The summed E-state index contributed by atoms with van der Waals surface area (Å²) in [6, 6.07) is 11.7. The van der Waals surface area contributed by atoms with Gasteiger partial charge in [-0.3, -0.25) is 9.59 Å². The average Bonchev–Trinajstić information content (AvgIpc) is 3.30. The van der Waals surface area contributed by atoms with Gasteiger partial charge in [0.2, 0.25) is 15.9 Å². The lowest BCUT2D eigenvalue weighted by molar-refractivity contribution is -0.119. The fourth-order valence-electron chi connectivity index (χ4n) is 5.34. The average molecular weight is 442 g/mol. The van der Waals surface area contributed by atoms with E-state index in [2.05, 4.69) is 5.32 Å². The highest BCUT2D eigenvalue weighted by molar-refractivity contribution is 7.89. The number of benzene rings is 1. The van der Waals surface area contributed by atoms with Gasteiger partial charge in [0.25, 0.3) is 5.56 Å². The van der Waals surface area contributed by atoms with Crippen molar-refractivity contribution in [2.24, 2.45) is 11.8 Å². The van der Waals surface area contributed by atoms with Gasteiger partial charge in [-0.2, -0.15) is 4.31 Å². The van der Waals surface area contributed by atoms with E-state index < -0.39 is 10.0 Å². The number of fused-ring (bicyclic) bond motifs is 4. The number of nitrogens with one attached hydrogen (secondary N) is 1. The molecule has 0 unspecified atom stereocenters. The van der Waals surface area contributed by atoms with E-state index in [1.165, 1.54) is 0 Å². The Bertz CT molecular complexity index is 1150. The van der Waals surface area contributed by atoms with E-state index in [0.717, 1.165) is 37.8 Å². The lowest BCUT2D eigenvalue weighted by Gasteiger charge is -2.42. The summed E-state index contributed by atoms with van der Waals surface area (Å²) in [5.41, 5.74) is 1.53. The summed E-state index contributed by atoms with van der Waals surface area (Å²) in [5, 5.41) is 2.91. The van der Waals surface area contributed by atoms with E-state index in [1.54, 1.807) is 45.3 Å². The first-order valence-electron chi connectivity index (χ1n) is 11.0. The van der Waals surface area contributed by atoms with Crippen LogP contribution < -0.4 is 10.9 Å². The van der Waals surface area contributed by atoms with Crippen LogP contribution in [0.5, 0.6) is 0 Å². The number of rotatable bonds is 4. The summed E-state index contributed by atoms with van der Waals surface area (Å²) in [6.07, 6.45) is 4.93. The van der Waals surface area contributed by atoms with Crippen molar-refractivity contribution in [3.8, 4) is 0 Å². The number of amides is 1. The van der Waals surface area contributed by atoms with Crippen LogP contribution in [-0.4, -0.2) is 36.3 Å². The molecular formula is C23H27N3O4S. The van der Waals surface area contributed by atoms with Crippen molar-refractivity contribution >= 4 is 21.6 Å². The Morgan fingerprint density at radius 1 is 0.968 bits per heavy atom. The van der Waals surface area contributed by atoms with Crippen molar-refractivity contribution in [2.75, 3.05) is 18.4 Å². The number of anilines is 1. The molecule has 2 aliphatic heterocycles. The predicted octanol–water partition coefficient (Wildman–Crippen LogP) is 2.79. The van der Waals surface area contributed by atoms with Crippen LogP contribution in [0.1, 0.15) is 43.7 Å². The van der Waals surface area contributed by atoms with Crippen LogP contribution in [-0.2, 0) is 21.4 Å². The zero-order valence-electron chi connectivity index (χ0n) is 17.4. The van der Waals surface area contributed by atoms with Crippen LogP contribution in [0.4, 0.5) is 5.69 Å². The maximum atomic E-state index is 13.3. The second-order valence-electron chi connectivity index (χ2n) is 9.02. The third kappa shape index (κ3) is 3.83. The normalized spacial score (nSPS) is 24.0. The third-order valence-corrected chi connectivity index (χ3v) is 8.78. The van der Waals surface area contributed by atoms with E-state index in [-0.39, 0.29) is 34.1 Å². The van der Waals surface area contributed by atoms with Gasteiger partial charge in [-0.05, 0) is 55.5 Å². The fraction of sp³-hybridized carbons (Fsp3) is 0.478. The second kappa shape index (κ2) is 7.91. The van der Waals surface area contributed by atoms with Crippen molar-refractivity contribution in [1.82, 2.24) is 8.87 Å². The van der Waals surface area contributed by atoms with Gasteiger partial charge in [0.1, 0.15) is 0 Å². The van der Waals surface area contributed by atoms with Crippen LogP contribution in [0.25, 0.3) is 0 Å². The zero-order chi connectivity index (χ0) is 21.6. The van der Waals surface area contributed by atoms with Crippen molar-refractivity contribution < 1.29 is 13.2 Å². The van der Waals surface area contributed by atoms with Crippen molar-refractivity contribution in [1.29, 1.82) is 0 Å². The molecule has 1 aromatic carbocycles. The minimum absolute atomic E-state index is 0.0150. The molecule has 3 aliphatic rings. The summed E-state index contributed by atoms with van der Waals surface area (Å²) in [6.45, 7) is 1.35. The molecule has 0 spiro atoms. The van der Waals surface area contributed by atoms with Gasteiger partial charge in [-0.1, -0.05) is 18.9 Å². The lowest BCUT2D eigenvalue weighted by atomic mass is 9.84. The number of carbonyl (C=O) groups is 1. The molecule has 7 nitrogen and oxygen atoms in total. The number of sulfonamides is 1. The number of piperidine rings is 1. The molecule has 1 aromatic heterocycles. The summed E-state index contributed by atoms with van der Waals surface area (Å²) in [4.78, 5) is 24.7. The molecule has 1 saturated heterocycles. The van der Waals surface area contributed by atoms with Crippen LogP contribution >= 0.6 is 0 Å². The Hall–Kier alpha value is -2.45. The minimum atomic E-state index is -3.64. The summed E-state index contributed by atoms with van der Waals surface area (Å²) >= 11 is 0. The van der Waals surface area contributed by atoms with E-state index >= 15 is 0 Å². The molecular weight excluding hydrogens is 414 g/mol. The van der Waals surface area contributed by atoms with Gasteiger partial charge in [-0.15, -0.1) is 0 Å². The standard InChI is InChI=1S/C23H27N3O4S/c27-22-7-3-6-21-18-12-16(14-26(21)22)13-25(15-18)31(29,30)20-10-8-19(9-11-20)24-23(28)17-4-1-2-5-17/h3,6-11,16-18H,1-2,4-5,12-15H2,(H,24,28)/t16-,18+/m1/s1. The van der Waals surface area contributed by atoms with Gasteiger partial charge >= 0.3 is 0 Å². The number of hydrogen-bond acceptors (Lipinski definition) is 4. The largest absolute Gasteiger partial charge is 0.326 e. The van der Waals surface area contributed by atoms with Crippen LogP contribution in [0.3, 0.4) is 0 Å². The molecule has 8 heteroatoms. The van der Waals surface area contributed by atoms with Crippen LogP contribution in [0.15, 0.2) is 52.2 Å². The molecule has 2 aromatic rings. The lowest BCUT2D eigenvalue weighted by Crippen LogP contribution is -2.48. The van der Waals surface area contributed by atoms with Gasteiger partial charge in [0.05, 0.1) is 4.90 Å². The molecule has 3 heterocycles. The maximum Gasteiger partial charge on any atom is 0.250 e. The Labute approximate surface area is 182 Å². The van der Waals surface area contributed by atoms with Gasteiger partial charge < -0.3 is 9.88 Å². The quantitative estimate of drug-likeness (QED) is 0.790. The summed E-state index contributed by atoms with van der Waals surface area (Å²) < 4.78 is 30.0. The van der Waals surface area contributed by atoms with Gasteiger partial charge in [0, 0.05) is 48.9 Å². The summed E-state index contributed by atoms with van der Waals surface area (Å²) in [5.74, 6) is 0.240. The second-order valence-corrected chi connectivity index (χ2v) is 11.0. The molecule has 31 heavy (non-hydrogen) atoms. The minimum Gasteiger partial charge on any atom is -0.326 e. The number of carbonyl (C=O) groups excluding carboxylic acids is 1. The number of aromatic nitrogens is 1. The maximum absolute atomic E-state index is 13.3. The van der Waals surface area contributed by atoms with E-state index in [0.29, 0.717) is 25.3 Å². The van der Waals surface area contributed by atoms with Gasteiger partial charge in [-0.25, -0.2) is 8.42 Å². The summed E-state index contributed by atoms with van der Waals surface area (Å²) in [7, 11) is -3.64. The first-order chi connectivity index (χ1) is 14.9. The van der Waals surface area contributed by atoms with E-state index in [9.17, 15) is 18.0 Å². The molecule has 1 saturated carbocycles. The molecule has 164 valence electrons. The molecule has 2 fully saturated rings. The number of nitrogens with zero attached hydrogens (tertiary/aromatic N) is 2. The third-order valence-electron chi connectivity index (χ3n) is 6.93. The Kier molecular flexibility index (Phi) is 5.22. The Balaban J connectivity index is 1.33. The molecule has 1 N–H and O–H groups in total. The highest BCUT2D eigenvalue weighted by Gasteiger charge is 2.39. The van der Waals surface area contributed by atoms with Crippen molar-refractivity contribution in [2.45, 2.75) is 49.5 Å². The topological polar surface area (TPSA) is 88.5 Å². The molecule has 1 amide bonds. The molecule has 2 atom stereocenters. The smallest absolute Gasteiger partial charge is 0.250 e. The van der Waals surface area contributed by atoms with E-state index in [4.69, 9.17) is 0 Å². The van der Waals surface area contributed by atoms with E-state index in [1.807, 2.05) is 6.07 Å². The van der Waals surface area contributed by atoms with Crippen LogP contribution in [0, 0.1) is 11.8 Å². The van der Waals surface area contributed by atoms with Crippen LogP contribution in [0.2, 0.25) is 0 Å². The SMILES string of the molecule is O=C(Nc1ccc(S(=O)(=O)N2C[C@H]3C[C@@H](C2)c2cccc(=O)n2C3)cc1)C1CCCC1. The number of hydrogen-bond donors (Lipinski definition) is 1. The highest BCUT2D eigenvalue weighted by atomic mass is 32.2. The monoisotopic (exact) mass is 441 g/mol. The Morgan fingerprint density at radius 3 is 2.45 bits per heavy atom. The first kappa shape index (κ1) is 20.5. The predicted molar refractivity (Wildman–Crippen MR) is 117 cm³/mol. The van der Waals surface area contributed by atoms with Crippen molar-refractivity contribution in [3.63, 3.8) is 0 Å². The Morgan fingerprint density at radius 2 is 1.71 bits per heavy atom. The molecule has 0 radical (unpaired) electrons. The van der Waals surface area contributed by atoms with Crippen molar-refractivity contribution in [3.05, 3.63) is 58.5 Å². The fourth-order valence-corrected chi connectivity index (χ4v) is 6.90. The molecule has 5 rings (SSSR count). The van der Waals surface area contributed by atoms with Gasteiger partial charge in [0.15, 0.2) is 0 Å². The highest BCUT2D eigenvalue weighted by Crippen LogP contribution is 2.37. The molecule has 1 aliphatic carbocycles.